The highest BCUT2D eigenvalue weighted by Gasteiger charge is 2.21. The van der Waals surface area contributed by atoms with Gasteiger partial charge in [0.1, 0.15) is 0 Å². The Bertz CT molecular complexity index is 362. The first-order chi connectivity index (χ1) is 8.23. The van der Waals surface area contributed by atoms with Crippen LogP contribution in [0.3, 0.4) is 0 Å². The van der Waals surface area contributed by atoms with E-state index in [0.717, 1.165) is 10.4 Å². The summed E-state index contributed by atoms with van der Waals surface area (Å²) in [4.78, 5) is 1.40. The van der Waals surface area contributed by atoms with E-state index < -0.39 is 0 Å². The molecular formula is C14H23Br2NS. The fourth-order valence-corrected chi connectivity index (χ4v) is 4.66. The Hall–Kier alpha value is 0.620. The molecule has 0 radical (unpaired) electrons. The van der Waals surface area contributed by atoms with Crippen molar-refractivity contribution in [3.8, 4) is 0 Å². The van der Waals surface area contributed by atoms with Crippen molar-refractivity contribution >= 4 is 43.2 Å². The van der Waals surface area contributed by atoms with E-state index in [9.17, 15) is 0 Å². The van der Waals surface area contributed by atoms with E-state index in [1.54, 1.807) is 0 Å². The highest BCUT2D eigenvalue weighted by molar-refractivity contribution is 9.13. The minimum atomic E-state index is 0.411. The average molecular weight is 397 g/mol. The van der Waals surface area contributed by atoms with Crippen molar-refractivity contribution in [3.63, 3.8) is 0 Å². The molecule has 2 unspecified atom stereocenters. The maximum absolute atomic E-state index is 3.57. The number of nitrogens with one attached hydrogen (secondary N) is 1. The topological polar surface area (TPSA) is 12.0 Å². The van der Waals surface area contributed by atoms with Gasteiger partial charge in [-0.15, -0.1) is 11.3 Å². The molecule has 0 saturated carbocycles. The van der Waals surface area contributed by atoms with E-state index >= 15 is 0 Å². The minimum absolute atomic E-state index is 0.411. The zero-order valence-electron chi connectivity index (χ0n) is 11.8. The van der Waals surface area contributed by atoms with Crippen LogP contribution in [0.1, 0.15) is 51.5 Å². The van der Waals surface area contributed by atoms with E-state index in [0.29, 0.717) is 11.5 Å². The molecule has 1 nitrogen and oxygen atoms in total. The van der Waals surface area contributed by atoms with Crippen LogP contribution < -0.4 is 5.32 Å². The second kappa shape index (κ2) is 6.87. The van der Waals surface area contributed by atoms with Gasteiger partial charge in [0.25, 0.3) is 0 Å². The molecule has 0 aromatic carbocycles. The SMILES string of the molecule is CNC(CC(C)CC(C)(C)C)c1cc(Br)c(Br)s1. The molecule has 1 rings (SSSR count). The fourth-order valence-electron chi connectivity index (χ4n) is 2.44. The maximum Gasteiger partial charge on any atom is 0.0843 e. The van der Waals surface area contributed by atoms with Crippen molar-refractivity contribution in [2.24, 2.45) is 11.3 Å². The summed E-state index contributed by atoms with van der Waals surface area (Å²) in [5.74, 6) is 0.724. The Balaban J connectivity index is 2.67. The van der Waals surface area contributed by atoms with E-state index in [-0.39, 0.29) is 0 Å². The van der Waals surface area contributed by atoms with Crippen molar-refractivity contribution in [1.82, 2.24) is 5.32 Å². The monoisotopic (exact) mass is 395 g/mol. The molecule has 0 aliphatic carbocycles. The third-order valence-corrected chi connectivity index (χ3v) is 6.32. The van der Waals surface area contributed by atoms with Gasteiger partial charge in [-0.05, 0) is 69.1 Å². The second-order valence-electron chi connectivity index (χ2n) is 6.22. The van der Waals surface area contributed by atoms with Crippen LogP contribution in [0.15, 0.2) is 14.3 Å². The summed E-state index contributed by atoms with van der Waals surface area (Å²) >= 11 is 8.95. The molecule has 0 aliphatic heterocycles. The molecular weight excluding hydrogens is 374 g/mol. The van der Waals surface area contributed by atoms with Gasteiger partial charge in [-0.25, -0.2) is 0 Å². The van der Waals surface area contributed by atoms with Gasteiger partial charge in [0.15, 0.2) is 0 Å². The Morgan fingerprint density at radius 3 is 2.33 bits per heavy atom. The zero-order valence-corrected chi connectivity index (χ0v) is 15.8. The predicted octanol–water partition coefficient (Wildman–Crippen LogP) is 6.00. The summed E-state index contributed by atoms with van der Waals surface area (Å²) in [6.07, 6.45) is 2.45. The molecule has 4 heteroatoms. The first kappa shape index (κ1) is 16.7. The van der Waals surface area contributed by atoms with Gasteiger partial charge >= 0.3 is 0 Å². The Labute approximate surface area is 132 Å². The number of halogens is 2. The lowest BCUT2D eigenvalue weighted by atomic mass is 9.83. The number of hydrogen-bond acceptors (Lipinski definition) is 2. The first-order valence-electron chi connectivity index (χ1n) is 6.35. The molecule has 1 heterocycles. The summed E-state index contributed by atoms with van der Waals surface area (Å²) < 4.78 is 2.34. The van der Waals surface area contributed by atoms with E-state index in [4.69, 9.17) is 0 Å². The van der Waals surface area contributed by atoms with Crippen molar-refractivity contribution in [2.75, 3.05) is 7.05 Å². The number of hydrogen-bond donors (Lipinski definition) is 1. The summed E-state index contributed by atoms with van der Waals surface area (Å²) in [6, 6.07) is 2.68. The van der Waals surface area contributed by atoms with Crippen LogP contribution in [0.25, 0.3) is 0 Å². The molecule has 0 bridgehead atoms. The molecule has 18 heavy (non-hydrogen) atoms. The smallest absolute Gasteiger partial charge is 0.0843 e. The largest absolute Gasteiger partial charge is 0.312 e. The Kier molecular flexibility index (Phi) is 6.36. The van der Waals surface area contributed by atoms with Gasteiger partial charge < -0.3 is 5.32 Å². The highest BCUT2D eigenvalue weighted by atomic mass is 79.9. The van der Waals surface area contributed by atoms with Crippen LogP contribution in [0.2, 0.25) is 0 Å². The van der Waals surface area contributed by atoms with Crippen LogP contribution in [-0.4, -0.2) is 7.05 Å². The summed E-state index contributed by atoms with van der Waals surface area (Å²) in [5, 5.41) is 3.44. The molecule has 0 fully saturated rings. The zero-order chi connectivity index (χ0) is 13.9. The van der Waals surface area contributed by atoms with Crippen LogP contribution in [0.5, 0.6) is 0 Å². The number of rotatable bonds is 5. The third-order valence-electron chi connectivity index (χ3n) is 2.96. The van der Waals surface area contributed by atoms with Crippen molar-refractivity contribution in [2.45, 2.75) is 46.6 Å². The molecule has 1 aromatic heterocycles. The molecule has 0 spiro atoms. The van der Waals surface area contributed by atoms with Crippen molar-refractivity contribution in [1.29, 1.82) is 0 Å². The van der Waals surface area contributed by atoms with Crippen LogP contribution in [-0.2, 0) is 0 Å². The van der Waals surface area contributed by atoms with Crippen LogP contribution in [0.4, 0.5) is 0 Å². The Morgan fingerprint density at radius 2 is 1.94 bits per heavy atom. The average Bonchev–Trinajstić information content (AvgIpc) is 2.53. The molecule has 104 valence electrons. The third kappa shape index (κ3) is 5.32. The summed E-state index contributed by atoms with van der Waals surface area (Å²) in [7, 11) is 2.05. The van der Waals surface area contributed by atoms with Crippen molar-refractivity contribution < 1.29 is 0 Å². The molecule has 1 N–H and O–H groups in total. The lowest BCUT2D eigenvalue weighted by Crippen LogP contribution is -2.20. The molecule has 0 amide bonds. The molecule has 0 saturated heterocycles. The lowest BCUT2D eigenvalue weighted by molar-refractivity contribution is 0.280. The summed E-state index contributed by atoms with van der Waals surface area (Å²) in [6.45, 7) is 9.30. The van der Waals surface area contributed by atoms with Crippen LogP contribution >= 0.6 is 43.2 Å². The lowest BCUT2D eigenvalue weighted by Gasteiger charge is -2.26. The number of thiophene rings is 1. The van der Waals surface area contributed by atoms with Gasteiger partial charge in [-0.3, -0.25) is 0 Å². The van der Waals surface area contributed by atoms with Gasteiger partial charge in [-0.2, -0.15) is 0 Å². The van der Waals surface area contributed by atoms with Gasteiger partial charge in [-0.1, -0.05) is 27.7 Å². The van der Waals surface area contributed by atoms with Crippen LogP contribution in [0, 0.1) is 11.3 Å². The maximum atomic E-state index is 3.57. The standard InChI is InChI=1S/C14H23Br2NS/c1-9(8-14(2,3)4)6-11(17-5)12-7-10(15)13(16)18-12/h7,9,11,17H,6,8H2,1-5H3. The normalized spacial score (nSPS) is 15.7. The Morgan fingerprint density at radius 1 is 1.33 bits per heavy atom. The summed E-state index contributed by atoms with van der Waals surface area (Å²) in [5.41, 5.74) is 0.411. The fraction of sp³-hybridized carbons (Fsp3) is 0.714. The molecule has 2 atom stereocenters. The second-order valence-corrected chi connectivity index (χ2v) is 9.47. The van der Waals surface area contributed by atoms with Gasteiger partial charge in [0, 0.05) is 15.4 Å². The van der Waals surface area contributed by atoms with E-state index in [1.807, 2.05) is 11.3 Å². The first-order valence-corrected chi connectivity index (χ1v) is 8.75. The molecule has 0 aliphatic rings. The predicted molar refractivity (Wildman–Crippen MR) is 89.4 cm³/mol. The van der Waals surface area contributed by atoms with E-state index in [1.165, 1.54) is 21.5 Å². The van der Waals surface area contributed by atoms with Gasteiger partial charge in [0.2, 0.25) is 0 Å². The molecule has 1 aromatic rings. The quantitative estimate of drug-likeness (QED) is 0.643. The highest BCUT2D eigenvalue weighted by Crippen LogP contribution is 2.38. The van der Waals surface area contributed by atoms with Crippen molar-refractivity contribution in [3.05, 3.63) is 19.2 Å². The minimum Gasteiger partial charge on any atom is -0.312 e. The van der Waals surface area contributed by atoms with Gasteiger partial charge in [0.05, 0.1) is 3.79 Å². The van der Waals surface area contributed by atoms with E-state index in [2.05, 4.69) is 78.0 Å².